The van der Waals surface area contributed by atoms with Crippen molar-refractivity contribution >= 4 is 12.0 Å². The number of hydrogen-bond acceptors (Lipinski definition) is 3. The second kappa shape index (κ2) is 6.24. The van der Waals surface area contributed by atoms with E-state index in [1.807, 2.05) is 19.3 Å². The lowest BCUT2D eigenvalue weighted by atomic mass is 10.5. The molecule has 0 fully saturated rings. The average molecular weight is 190 g/mol. The molecule has 6 nitrogen and oxygen atoms in total. The summed E-state index contributed by atoms with van der Waals surface area (Å²) in [6.07, 6.45) is 0. The molecule has 0 bridgehead atoms. The van der Waals surface area contributed by atoms with Crippen molar-refractivity contribution in [3.63, 3.8) is 0 Å². The molecule has 0 atom stereocenters. The highest BCUT2D eigenvalue weighted by atomic mass is 16.7. The molecule has 0 aliphatic rings. The number of carboxylic acids is 1. The maximum Gasteiger partial charge on any atom is 0.341 e. The van der Waals surface area contributed by atoms with Gasteiger partial charge in [0.05, 0.1) is 0 Å². The van der Waals surface area contributed by atoms with E-state index in [1.54, 1.807) is 0 Å². The van der Waals surface area contributed by atoms with Gasteiger partial charge in [0.25, 0.3) is 0 Å². The minimum Gasteiger partial charge on any atom is -0.479 e. The maximum atomic E-state index is 11.1. The van der Waals surface area contributed by atoms with Gasteiger partial charge in [0, 0.05) is 13.1 Å². The Hall–Kier alpha value is -1.30. The van der Waals surface area contributed by atoms with Crippen LogP contribution in [0.3, 0.4) is 0 Å². The Morgan fingerprint density at radius 3 is 2.31 bits per heavy atom. The molecule has 76 valence electrons. The number of urea groups is 1. The van der Waals surface area contributed by atoms with E-state index < -0.39 is 18.6 Å². The normalized spacial score (nSPS) is 9.38. The van der Waals surface area contributed by atoms with Gasteiger partial charge in [0.2, 0.25) is 0 Å². The van der Waals surface area contributed by atoms with Crippen LogP contribution in [0.5, 0.6) is 0 Å². The van der Waals surface area contributed by atoms with E-state index in [0.717, 1.165) is 0 Å². The first kappa shape index (κ1) is 11.7. The fraction of sp³-hybridized carbons (Fsp3) is 0.714. The van der Waals surface area contributed by atoms with Crippen LogP contribution in [0.1, 0.15) is 13.8 Å². The quantitative estimate of drug-likeness (QED) is 0.600. The SMILES string of the molecule is CCN(CC)C(=O)NOCC(=O)O. The molecule has 0 rings (SSSR count). The highest BCUT2D eigenvalue weighted by Gasteiger charge is 2.08. The zero-order chi connectivity index (χ0) is 10.3. The summed E-state index contributed by atoms with van der Waals surface area (Å²) in [6, 6.07) is -0.425. The summed E-state index contributed by atoms with van der Waals surface area (Å²) in [7, 11) is 0. The van der Waals surface area contributed by atoms with Crippen molar-refractivity contribution in [2.45, 2.75) is 13.8 Å². The molecule has 0 saturated carbocycles. The summed E-state index contributed by atoms with van der Waals surface area (Å²) >= 11 is 0. The van der Waals surface area contributed by atoms with Crippen LogP contribution in [0.4, 0.5) is 4.79 Å². The second-order valence-electron chi connectivity index (χ2n) is 2.26. The molecule has 0 spiro atoms. The molecule has 6 heteroatoms. The van der Waals surface area contributed by atoms with Gasteiger partial charge in [-0.15, -0.1) is 0 Å². The molecule has 0 aliphatic heterocycles. The molecule has 13 heavy (non-hydrogen) atoms. The monoisotopic (exact) mass is 190 g/mol. The van der Waals surface area contributed by atoms with E-state index in [-0.39, 0.29) is 0 Å². The Morgan fingerprint density at radius 1 is 1.38 bits per heavy atom. The van der Waals surface area contributed by atoms with Crippen LogP contribution in [0.15, 0.2) is 0 Å². The van der Waals surface area contributed by atoms with Crippen LogP contribution in [0.25, 0.3) is 0 Å². The summed E-state index contributed by atoms with van der Waals surface area (Å²) < 4.78 is 0. The Labute approximate surface area is 76.4 Å². The molecule has 2 N–H and O–H groups in total. The van der Waals surface area contributed by atoms with Crippen molar-refractivity contribution in [2.75, 3.05) is 19.7 Å². The minimum absolute atomic E-state index is 0.425. The molecule has 0 heterocycles. The first-order chi connectivity index (χ1) is 6.11. The van der Waals surface area contributed by atoms with Gasteiger partial charge < -0.3 is 10.0 Å². The molecule has 0 aliphatic carbocycles. The molecular formula is C7H14N2O4. The third-order valence-corrected chi connectivity index (χ3v) is 1.41. The summed E-state index contributed by atoms with van der Waals surface area (Å²) in [6.45, 7) is 4.21. The van der Waals surface area contributed by atoms with Gasteiger partial charge in [-0.1, -0.05) is 0 Å². The number of carbonyl (C=O) groups is 2. The smallest absolute Gasteiger partial charge is 0.341 e. The molecule has 2 amide bonds. The van der Waals surface area contributed by atoms with Crippen molar-refractivity contribution in [3.8, 4) is 0 Å². The lowest BCUT2D eigenvalue weighted by Gasteiger charge is -2.18. The summed E-state index contributed by atoms with van der Waals surface area (Å²) in [5, 5.41) is 8.19. The molecule has 0 unspecified atom stereocenters. The minimum atomic E-state index is -1.13. The highest BCUT2D eigenvalue weighted by Crippen LogP contribution is 1.87. The second-order valence-corrected chi connectivity index (χ2v) is 2.26. The largest absolute Gasteiger partial charge is 0.479 e. The zero-order valence-electron chi connectivity index (χ0n) is 7.74. The number of nitrogens with one attached hydrogen (secondary N) is 1. The Morgan fingerprint density at radius 2 is 1.92 bits per heavy atom. The number of hydroxylamine groups is 1. The summed E-state index contributed by atoms with van der Waals surface area (Å²) in [4.78, 5) is 27.0. The van der Waals surface area contributed by atoms with Gasteiger partial charge >= 0.3 is 12.0 Å². The van der Waals surface area contributed by atoms with Crippen molar-refractivity contribution in [2.24, 2.45) is 0 Å². The van der Waals surface area contributed by atoms with Crippen LogP contribution < -0.4 is 5.48 Å². The Bertz CT molecular complexity index is 179. The Balaban J connectivity index is 3.66. The fourth-order valence-corrected chi connectivity index (χ4v) is 0.735. The predicted molar refractivity (Wildman–Crippen MR) is 45.0 cm³/mol. The number of hydrogen-bond donors (Lipinski definition) is 2. The lowest BCUT2D eigenvalue weighted by molar-refractivity contribution is -0.144. The standard InChI is InChI=1S/C7H14N2O4/c1-3-9(4-2)7(12)8-13-5-6(10)11/h3-5H2,1-2H3,(H,8,12)(H,10,11). The number of carboxylic acid groups (broad SMARTS) is 1. The number of aliphatic carboxylic acids is 1. The topological polar surface area (TPSA) is 78.9 Å². The van der Waals surface area contributed by atoms with Gasteiger partial charge in [-0.05, 0) is 13.8 Å². The van der Waals surface area contributed by atoms with Crippen LogP contribution in [-0.4, -0.2) is 41.7 Å². The lowest BCUT2D eigenvalue weighted by Crippen LogP contribution is -2.40. The molecular weight excluding hydrogens is 176 g/mol. The first-order valence-electron chi connectivity index (χ1n) is 4.00. The molecule has 0 aromatic rings. The van der Waals surface area contributed by atoms with E-state index in [4.69, 9.17) is 5.11 Å². The van der Waals surface area contributed by atoms with Crippen molar-refractivity contribution in [1.29, 1.82) is 0 Å². The fourth-order valence-electron chi connectivity index (χ4n) is 0.735. The van der Waals surface area contributed by atoms with E-state index in [9.17, 15) is 9.59 Å². The van der Waals surface area contributed by atoms with Crippen LogP contribution in [-0.2, 0) is 9.63 Å². The number of amides is 2. The van der Waals surface area contributed by atoms with Crippen molar-refractivity contribution in [1.82, 2.24) is 10.4 Å². The molecule has 0 aromatic heterocycles. The molecule has 0 radical (unpaired) electrons. The highest BCUT2D eigenvalue weighted by molar-refractivity contribution is 5.73. The van der Waals surface area contributed by atoms with Gasteiger partial charge in [-0.3, -0.25) is 4.84 Å². The van der Waals surface area contributed by atoms with E-state index in [2.05, 4.69) is 4.84 Å². The zero-order valence-corrected chi connectivity index (χ0v) is 7.74. The van der Waals surface area contributed by atoms with Crippen LogP contribution in [0.2, 0.25) is 0 Å². The summed E-state index contributed by atoms with van der Waals surface area (Å²) in [5.74, 6) is -1.13. The van der Waals surface area contributed by atoms with Crippen molar-refractivity contribution in [3.05, 3.63) is 0 Å². The summed E-state index contributed by atoms with van der Waals surface area (Å²) in [5.41, 5.74) is 2.02. The number of nitrogens with zero attached hydrogens (tertiary/aromatic N) is 1. The van der Waals surface area contributed by atoms with Crippen LogP contribution >= 0.6 is 0 Å². The third kappa shape index (κ3) is 5.02. The van der Waals surface area contributed by atoms with Gasteiger partial charge in [0.15, 0.2) is 6.61 Å². The van der Waals surface area contributed by atoms with E-state index in [0.29, 0.717) is 13.1 Å². The van der Waals surface area contributed by atoms with Gasteiger partial charge in [-0.25, -0.2) is 15.1 Å². The Kier molecular flexibility index (Phi) is 5.62. The van der Waals surface area contributed by atoms with Gasteiger partial charge in [-0.2, -0.15) is 0 Å². The number of rotatable bonds is 5. The maximum absolute atomic E-state index is 11.1. The predicted octanol–water partition coefficient (Wildman–Crippen LogP) is 0.0540. The average Bonchev–Trinajstić information content (AvgIpc) is 2.05. The van der Waals surface area contributed by atoms with Crippen molar-refractivity contribution < 1.29 is 19.5 Å². The third-order valence-electron chi connectivity index (χ3n) is 1.41. The van der Waals surface area contributed by atoms with E-state index in [1.165, 1.54) is 4.90 Å². The first-order valence-corrected chi connectivity index (χ1v) is 4.00. The number of carbonyl (C=O) groups excluding carboxylic acids is 1. The van der Waals surface area contributed by atoms with E-state index >= 15 is 0 Å². The van der Waals surface area contributed by atoms with Gasteiger partial charge in [0.1, 0.15) is 0 Å². The molecule has 0 aromatic carbocycles. The van der Waals surface area contributed by atoms with Crippen LogP contribution in [0, 0.1) is 0 Å². The molecule has 0 saturated heterocycles.